The molecule has 0 spiro atoms. The molecular formula is C20H19FN2O2V. The van der Waals surface area contributed by atoms with Gasteiger partial charge >= 0.3 is 0 Å². The molecule has 0 aliphatic carbocycles. The Kier molecular flexibility index (Phi) is 6.25. The van der Waals surface area contributed by atoms with Crippen LogP contribution in [0.3, 0.4) is 0 Å². The number of halogens is 1. The van der Waals surface area contributed by atoms with Gasteiger partial charge in [0.2, 0.25) is 5.91 Å². The van der Waals surface area contributed by atoms with E-state index < -0.39 is 5.60 Å². The van der Waals surface area contributed by atoms with Crippen LogP contribution in [0.1, 0.15) is 29.5 Å². The van der Waals surface area contributed by atoms with Crippen molar-refractivity contribution in [1.82, 2.24) is 4.90 Å². The largest absolute Gasteiger partial charge is 0.361 e. The smallest absolute Gasteiger partial charge is 0.222 e. The quantitative estimate of drug-likeness (QED) is 0.741. The number of carbonyl (C=O) groups is 1. The first-order valence-corrected chi connectivity index (χ1v) is 8.07. The molecule has 3 rings (SSSR count). The van der Waals surface area contributed by atoms with Crippen LogP contribution >= 0.6 is 0 Å². The normalized spacial score (nSPS) is 17.8. The second kappa shape index (κ2) is 8.05. The van der Waals surface area contributed by atoms with E-state index in [1.165, 1.54) is 12.1 Å². The van der Waals surface area contributed by atoms with Crippen LogP contribution in [-0.2, 0) is 40.3 Å². The summed E-state index contributed by atoms with van der Waals surface area (Å²) in [6.45, 7) is 7.54. The molecule has 0 saturated heterocycles. The van der Waals surface area contributed by atoms with E-state index in [-0.39, 0.29) is 30.3 Å². The van der Waals surface area contributed by atoms with E-state index in [0.717, 1.165) is 16.7 Å². The summed E-state index contributed by atoms with van der Waals surface area (Å²) >= 11 is 0. The molecule has 2 aromatic rings. The molecule has 0 saturated carbocycles. The molecule has 1 unspecified atom stereocenters. The van der Waals surface area contributed by atoms with Gasteiger partial charge in [0.15, 0.2) is 5.69 Å². The Morgan fingerprint density at radius 2 is 1.96 bits per heavy atom. The SMILES string of the molecule is [C-]#[N+]c1ccc2c(c1)COC2(CCC(=O)N(C)C)c1ccc(F)cc1.[V]. The summed E-state index contributed by atoms with van der Waals surface area (Å²) in [6.07, 6.45) is 0.772. The zero-order chi connectivity index (χ0) is 18.0. The van der Waals surface area contributed by atoms with Crippen LogP contribution in [0.2, 0.25) is 0 Å². The summed E-state index contributed by atoms with van der Waals surface area (Å²) in [5, 5.41) is 0. The van der Waals surface area contributed by atoms with E-state index in [9.17, 15) is 9.18 Å². The number of benzene rings is 2. The predicted molar refractivity (Wildman–Crippen MR) is 92.6 cm³/mol. The summed E-state index contributed by atoms with van der Waals surface area (Å²) in [4.78, 5) is 17.1. The zero-order valence-electron chi connectivity index (χ0n) is 14.7. The van der Waals surface area contributed by atoms with Crippen molar-refractivity contribution in [1.29, 1.82) is 0 Å². The third-order valence-electron chi connectivity index (χ3n) is 4.63. The molecule has 1 radical (unpaired) electrons. The molecule has 26 heavy (non-hydrogen) atoms. The van der Waals surface area contributed by atoms with Crippen molar-refractivity contribution >= 4 is 11.6 Å². The number of rotatable bonds is 4. The Labute approximate surface area is 164 Å². The molecule has 133 valence electrons. The molecule has 4 nitrogen and oxygen atoms in total. The van der Waals surface area contributed by atoms with E-state index in [0.29, 0.717) is 25.1 Å². The van der Waals surface area contributed by atoms with E-state index in [1.54, 1.807) is 37.2 Å². The maximum absolute atomic E-state index is 13.4. The van der Waals surface area contributed by atoms with Gasteiger partial charge in [0.05, 0.1) is 13.2 Å². The molecule has 0 bridgehead atoms. The van der Waals surface area contributed by atoms with Gasteiger partial charge in [0.25, 0.3) is 0 Å². The van der Waals surface area contributed by atoms with Crippen molar-refractivity contribution in [2.24, 2.45) is 0 Å². The van der Waals surface area contributed by atoms with Gasteiger partial charge in [0, 0.05) is 39.1 Å². The maximum atomic E-state index is 13.4. The van der Waals surface area contributed by atoms with Crippen LogP contribution in [0, 0.1) is 12.4 Å². The third-order valence-corrected chi connectivity index (χ3v) is 4.63. The second-order valence-electron chi connectivity index (χ2n) is 6.36. The third kappa shape index (κ3) is 3.68. The van der Waals surface area contributed by atoms with E-state index >= 15 is 0 Å². The molecule has 0 fully saturated rings. The molecular weight excluding hydrogens is 370 g/mol. The van der Waals surface area contributed by atoms with Gasteiger partial charge in [-0.15, -0.1) is 0 Å². The Morgan fingerprint density at radius 1 is 1.27 bits per heavy atom. The molecule has 1 aliphatic rings. The molecule has 1 aliphatic heterocycles. The Bertz CT molecular complexity index is 846. The Hall–Kier alpha value is -2.13. The van der Waals surface area contributed by atoms with Gasteiger partial charge in [-0.05, 0) is 35.2 Å². The number of hydrogen-bond acceptors (Lipinski definition) is 2. The van der Waals surface area contributed by atoms with Crippen molar-refractivity contribution < 1.29 is 32.5 Å². The number of hydrogen-bond donors (Lipinski definition) is 0. The summed E-state index contributed by atoms with van der Waals surface area (Å²) in [6, 6.07) is 11.7. The fraction of sp³-hybridized carbons (Fsp3) is 0.300. The first-order valence-electron chi connectivity index (χ1n) is 8.07. The molecule has 1 atom stereocenters. The minimum absolute atomic E-state index is 0. The molecule has 2 aromatic carbocycles. The van der Waals surface area contributed by atoms with Gasteiger partial charge in [-0.3, -0.25) is 4.79 Å². The van der Waals surface area contributed by atoms with Crippen LogP contribution in [0.5, 0.6) is 0 Å². The van der Waals surface area contributed by atoms with Crippen LogP contribution in [-0.4, -0.2) is 24.9 Å². The molecule has 6 heteroatoms. The monoisotopic (exact) mass is 389 g/mol. The summed E-state index contributed by atoms with van der Waals surface area (Å²) in [5.74, 6) is -0.304. The molecule has 1 amide bonds. The summed E-state index contributed by atoms with van der Waals surface area (Å²) in [5.41, 5.74) is 2.46. The van der Waals surface area contributed by atoms with Crippen molar-refractivity contribution in [2.75, 3.05) is 14.1 Å². The average molecular weight is 389 g/mol. The Morgan fingerprint density at radius 3 is 2.58 bits per heavy atom. The number of carbonyl (C=O) groups excluding carboxylic acids is 1. The molecule has 1 heterocycles. The minimum Gasteiger partial charge on any atom is -0.361 e. The van der Waals surface area contributed by atoms with Crippen molar-refractivity contribution in [2.45, 2.75) is 25.0 Å². The van der Waals surface area contributed by atoms with Crippen LogP contribution in [0.15, 0.2) is 42.5 Å². The fourth-order valence-electron chi connectivity index (χ4n) is 3.26. The number of amides is 1. The van der Waals surface area contributed by atoms with Crippen molar-refractivity contribution in [3.63, 3.8) is 0 Å². The number of fused-ring (bicyclic) bond motifs is 1. The predicted octanol–water partition coefficient (Wildman–Crippen LogP) is 4.02. The average Bonchev–Trinajstić information content (AvgIpc) is 2.99. The maximum Gasteiger partial charge on any atom is 0.222 e. The van der Waals surface area contributed by atoms with Gasteiger partial charge in [-0.1, -0.05) is 30.3 Å². The van der Waals surface area contributed by atoms with E-state index in [1.807, 2.05) is 12.1 Å². The van der Waals surface area contributed by atoms with Gasteiger partial charge in [-0.2, -0.15) is 0 Å². The van der Waals surface area contributed by atoms with Crippen molar-refractivity contribution in [3.05, 3.63) is 76.4 Å². The zero-order valence-corrected chi connectivity index (χ0v) is 16.1. The number of nitrogens with zero attached hydrogens (tertiary/aromatic N) is 2. The van der Waals surface area contributed by atoms with E-state index in [4.69, 9.17) is 11.3 Å². The molecule has 0 N–H and O–H groups in total. The molecule has 0 aromatic heterocycles. The summed E-state index contributed by atoms with van der Waals surface area (Å²) < 4.78 is 19.5. The summed E-state index contributed by atoms with van der Waals surface area (Å²) in [7, 11) is 3.44. The van der Waals surface area contributed by atoms with Gasteiger partial charge in [0.1, 0.15) is 11.4 Å². The first kappa shape index (κ1) is 20.2. The van der Waals surface area contributed by atoms with Crippen LogP contribution < -0.4 is 0 Å². The van der Waals surface area contributed by atoms with Gasteiger partial charge < -0.3 is 9.64 Å². The van der Waals surface area contributed by atoms with Crippen LogP contribution in [0.25, 0.3) is 4.85 Å². The topological polar surface area (TPSA) is 33.9 Å². The van der Waals surface area contributed by atoms with E-state index in [2.05, 4.69) is 4.85 Å². The van der Waals surface area contributed by atoms with Crippen LogP contribution in [0.4, 0.5) is 10.1 Å². The fourth-order valence-corrected chi connectivity index (χ4v) is 3.26. The minimum atomic E-state index is -0.796. The second-order valence-corrected chi connectivity index (χ2v) is 6.36. The standard InChI is InChI=1S/C20H19FN2O2.V/c1-22-17-8-9-18-14(12-17)13-25-20(18,11-10-19(24)23(2)3)15-4-6-16(21)7-5-15;/h4-9,12H,10-11,13H2,2-3H3;. The Balaban J connectivity index is 0.00000243. The first-order chi connectivity index (χ1) is 12.0. The van der Waals surface area contributed by atoms with Gasteiger partial charge in [-0.25, -0.2) is 9.24 Å². The number of ether oxygens (including phenoxy) is 1. The van der Waals surface area contributed by atoms with Crippen molar-refractivity contribution in [3.8, 4) is 0 Å².